The van der Waals surface area contributed by atoms with E-state index in [2.05, 4.69) is 15.9 Å². The van der Waals surface area contributed by atoms with Crippen molar-refractivity contribution in [3.63, 3.8) is 0 Å². The molecule has 0 aliphatic rings. The minimum absolute atomic E-state index is 0.108. The molecule has 3 N–H and O–H groups in total. The fraction of sp³-hybridized carbons (Fsp3) is 0.364. The van der Waals surface area contributed by atoms with E-state index in [-0.39, 0.29) is 17.5 Å². The predicted octanol–water partition coefficient (Wildman–Crippen LogP) is 1.47. The highest BCUT2D eigenvalue weighted by atomic mass is 79.9. The van der Waals surface area contributed by atoms with Crippen molar-refractivity contribution in [3.8, 4) is 0 Å². The van der Waals surface area contributed by atoms with E-state index in [9.17, 15) is 25.1 Å². The van der Waals surface area contributed by atoms with Gasteiger partial charge in [-0.2, -0.15) is 0 Å². The molecule has 0 aromatic heterocycles. The molecule has 0 saturated heterocycles. The van der Waals surface area contributed by atoms with Crippen LogP contribution in [0.15, 0.2) is 18.2 Å². The molecule has 0 radical (unpaired) electrons. The lowest BCUT2D eigenvalue weighted by Gasteiger charge is -2.17. The smallest absolute Gasteiger partial charge is 0.335 e. The standard InChI is InChI=1S/C11H12BrNO6/c12-4-3-9(14)10(15)7-2-1-6(11(16)17)5-8(7)13(18)19/h1-2,5,9-10,14-15H,3-4H2,(H,16,17). The molecule has 0 amide bonds. The van der Waals surface area contributed by atoms with Crippen LogP contribution in [-0.4, -0.2) is 37.6 Å². The molecule has 0 aliphatic carbocycles. The average molecular weight is 334 g/mol. The Balaban J connectivity index is 3.20. The lowest BCUT2D eigenvalue weighted by atomic mass is 9.99. The van der Waals surface area contributed by atoms with Gasteiger partial charge < -0.3 is 15.3 Å². The minimum atomic E-state index is -1.44. The molecule has 0 bridgehead atoms. The molecule has 19 heavy (non-hydrogen) atoms. The summed E-state index contributed by atoms with van der Waals surface area (Å²) in [5, 5.41) is 39.6. The summed E-state index contributed by atoms with van der Waals surface area (Å²) in [5.41, 5.74) is -0.887. The number of aliphatic hydroxyl groups is 2. The highest BCUT2D eigenvalue weighted by molar-refractivity contribution is 9.09. The van der Waals surface area contributed by atoms with Crippen molar-refractivity contribution in [1.82, 2.24) is 0 Å². The summed E-state index contributed by atoms with van der Waals surface area (Å²) in [4.78, 5) is 20.9. The molecule has 1 aromatic carbocycles. The lowest BCUT2D eigenvalue weighted by molar-refractivity contribution is -0.386. The van der Waals surface area contributed by atoms with E-state index in [1.165, 1.54) is 0 Å². The monoisotopic (exact) mass is 333 g/mol. The summed E-state index contributed by atoms with van der Waals surface area (Å²) in [5.74, 6) is -1.30. The maximum atomic E-state index is 10.9. The number of benzene rings is 1. The number of hydrogen-bond donors (Lipinski definition) is 3. The molecule has 8 heteroatoms. The molecule has 2 unspecified atom stereocenters. The van der Waals surface area contributed by atoms with Crippen LogP contribution in [0, 0.1) is 10.1 Å². The van der Waals surface area contributed by atoms with Crippen molar-refractivity contribution in [2.45, 2.75) is 18.6 Å². The second kappa shape index (κ2) is 6.60. The normalized spacial score (nSPS) is 13.8. The predicted molar refractivity (Wildman–Crippen MR) is 69.4 cm³/mol. The second-order valence-electron chi connectivity index (χ2n) is 3.83. The molecule has 1 rings (SSSR count). The van der Waals surface area contributed by atoms with Gasteiger partial charge in [-0.3, -0.25) is 10.1 Å². The van der Waals surface area contributed by atoms with Crippen molar-refractivity contribution in [2.75, 3.05) is 5.33 Å². The molecule has 0 heterocycles. The number of hydrogen-bond acceptors (Lipinski definition) is 5. The number of nitro benzene ring substituents is 1. The number of aromatic carboxylic acids is 1. The summed E-state index contributed by atoms with van der Waals surface area (Å²) in [7, 11) is 0. The van der Waals surface area contributed by atoms with Crippen LogP contribution in [0.5, 0.6) is 0 Å². The van der Waals surface area contributed by atoms with Gasteiger partial charge in [-0.05, 0) is 18.6 Å². The van der Waals surface area contributed by atoms with E-state index >= 15 is 0 Å². The van der Waals surface area contributed by atoms with Gasteiger partial charge in [-0.25, -0.2) is 4.79 Å². The number of alkyl halides is 1. The van der Waals surface area contributed by atoms with Crippen LogP contribution in [-0.2, 0) is 0 Å². The SMILES string of the molecule is O=C(O)c1ccc(C(O)C(O)CCBr)c([N+](=O)[O-])c1. The Labute approximate surface area is 116 Å². The number of carbonyl (C=O) groups is 1. The summed E-state index contributed by atoms with van der Waals surface area (Å²) in [6, 6.07) is 3.15. The van der Waals surface area contributed by atoms with E-state index in [1.54, 1.807) is 0 Å². The fourth-order valence-corrected chi connectivity index (χ4v) is 2.03. The van der Waals surface area contributed by atoms with Gasteiger partial charge in [0, 0.05) is 11.4 Å². The third kappa shape index (κ3) is 3.72. The Kier molecular flexibility index (Phi) is 5.40. The molecule has 2 atom stereocenters. The van der Waals surface area contributed by atoms with Crippen LogP contribution < -0.4 is 0 Å². The zero-order valence-corrected chi connectivity index (χ0v) is 11.3. The third-order valence-corrected chi connectivity index (χ3v) is 3.02. The number of nitrogens with zero attached hydrogens (tertiary/aromatic N) is 1. The van der Waals surface area contributed by atoms with E-state index in [0.29, 0.717) is 5.33 Å². The average Bonchev–Trinajstić information content (AvgIpc) is 2.37. The van der Waals surface area contributed by atoms with E-state index in [4.69, 9.17) is 5.11 Å². The molecule has 0 saturated carbocycles. The summed E-state index contributed by atoms with van der Waals surface area (Å²) in [6.07, 6.45) is -2.41. The first-order valence-corrected chi connectivity index (χ1v) is 6.44. The summed E-state index contributed by atoms with van der Waals surface area (Å²) in [6.45, 7) is 0. The minimum Gasteiger partial charge on any atom is -0.478 e. The number of rotatable bonds is 6. The van der Waals surface area contributed by atoms with Gasteiger partial charge >= 0.3 is 5.97 Å². The van der Waals surface area contributed by atoms with Gasteiger partial charge in [-0.15, -0.1) is 0 Å². The number of carboxylic acid groups (broad SMARTS) is 1. The zero-order chi connectivity index (χ0) is 14.6. The topological polar surface area (TPSA) is 121 Å². The molecule has 104 valence electrons. The van der Waals surface area contributed by atoms with Gasteiger partial charge in [0.2, 0.25) is 0 Å². The number of carboxylic acids is 1. The van der Waals surface area contributed by atoms with E-state index < -0.39 is 28.8 Å². The molecule has 7 nitrogen and oxygen atoms in total. The zero-order valence-electron chi connectivity index (χ0n) is 9.69. The first-order valence-electron chi connectivity index (χ1n) is 5.32. The van der Waals surface area contributed by atoms with Crippen molar-refractivity contribution < 1.29 is 25.0 Å². The van der Waals surface area contributed by atoms with E-state index in [0.717, 1.165) is 18.2 Å². The lowest BCUT2D eigenvalue weighted by Crippen LogP contribution is -2.20. The summed E-state index contributed by atoms with van der Waals surface area (Å²) < 4.78 is 0. The molecule has 1 aromatic rings. The van der Waals surface area contributed by atoms with Crippen LogP contribution in [0.1, 0.15) is 28.4 Å². The van der Waals surface area contributed by atoms with Gasteiger partial charge in [0.1, 0.15) is 6.10 Å². The highest BCUT2D eigenvalue weighted by Crippen LogP contribution is 2.29. The van der Waals surface area contributed by atoms with Crippen LogP contribution in [0.25, 0.3) is 0 Å². The van der Waals surface area contributed by atoms with Crippen molar-refractivity contribution >= 4 is 27.6 Å². The Hall–Kier alpha value is -1.51. The van der Waals surface area contributed by atoms with Gasteiger partial charge in [0.25, 0.3) is 5.69 Å². The summed E-state index contributed by atoms with van der Waals surface area (Å²) >= 11 is 3.09. The largest absolute Gasteiger partial charge is 0.478 e. The van der Waals surface area contributed by atoms with Gasteiger partial charge in [0.15, 0.2) is 0 Å². The molecule has 0 fully saturated rings. The number of nitro groups is 1. The number of halogens is 1. The Bertz CT molecular complexity index is 492. The van der Waals surface area contributed by atoms with Crippen molar-refractivity contribution in [1.29, 1.82) is 0 Å². The Morgan fingerprint density at radius 3 is 2.53 bits per heavy atom. The van der Waals surface area contributed by atoms with Crippen LogP contribution in [0.4, 0.5) is 5.69 Å². The first kappa shape index (κ1) is 15.5. The van der Waals surface area contributed by atoms with E-state index in [1.807, 2.05) is 0 Å². The van der Waals surface area contributed by atoms with Gasteiger partial charge in [-0.1, -0.05) is 15.9 Å². The highest BCUT2D eigenvalue weighted by Gasteiger charge is 2.27. The third-order valence-electron chi connectivity index (χ3n) is 2.56. The number of aliphatic hydroxyl groups excluding tert-OH is 2. The molecular weight excluding hydrogens is 322 g/mol. The quantitative estimate of drug-likeness (QED) is 0.411. The molecule has 0 aliphatic heterocycles. The molecular formula is C11H12BrNO6. The molecule has 0 spiro atoms. The second-order valence-corrected chi connectivity index (χ2v) is 4.62. The van der Waals surface area contributed by atoms with Crippen molar-refractivity contribution in [2.24, 2.45) is 0 Å². The van der Waals surface area contributed by atoms with Crippen LogP contribution >= 0.6 is 15.9 Å². The van der Waals surface area contributed by atoms with Crippen molar-refractivity contribution in [3.05, 3.63) is 39.4 Å². The van der Waals surface area contributed by atoms with Crippen LogP contribution in [0.2, 0.25) is 0 Å². The van der Waals surface area contributed by atoms with Crippen LogP contribution in [0.3, 0.4) is 0 Å². The maximum Gasteiger partial charge on any atom is 0.335 e. The first-order chi connectivity index (χ1) is 8.88. The fourth-order valence-electron chi connectivity index (χ4n) is 1.56. The van der Waals surface area contributed by atoms with Gasteiger partial charge in [0.05, 0.1) is 22.2 Å². The Morgan fingerprint density at radius 2 is 2.05 bits per heavy atom. The maximum absolute atomic E-state index is 10.9. The Morgan fingerprint density at radius 1 is 1.42 bits per heavy atom.